The number of benzene rings is 1. The van der Waals surface area contributed by atoms with Gasteiger partial charge in [0.1, 0.15) is 12.3 Å². The molecule has 0 aliphatic carbocycles. The van der Waals surface area contributed by atoms with Gasteiger partial charge in [-0.15, -0.1) is 10.2 Å². The van der Waals surface area contributed by atoms with Gasteiger partial charge in [0.05, 0.1) is 5.69 Å². The summed E-state index contributed by atoms with van der Waals surface area (Å²) in [4.78, 5) is 13.5. The van der Waals surface area contributed by atoms with Gasteiger partial charge in [0.15, 0.2) is 5.82 Å². The molecular formula is C28H40F3N7O2. The first-order valence-electron chi connectivity index (χ1n) is 13.3. The number of aromatic nitrogens is 2. The van der Waals surface area contributed by atoms with Crippen LogP contribution in [0.3, 0.4) is 0 Å². The standard InChI is InChI=1S/C28H40F3N7O2/c1-26(2,3)13-20(14-27(4,5)35-25(40)10-11-32)38(17-28(29,30)31)24-9-8-22(36-37-24)21-7-6-18(12-23(21)39)19-15-33-34-16-19/h6-9,12,15,20,33-34,39H,10-11,13-14,16-17,32H2,1-5H3,(H,35,40). The van der Waals surface area contributed by atoms with Crippen LogP contribution < -0.4 is 26.8 Å². The van der Waals surface area contributed by atoms with E-state index >= 15 is 0 Å². The zero-order chi connectivity index (χ0) is 29.7. The third kappa shape index (κ3) is 9.09. The highest BCUT2D eigenvalue weighted by Gasteiger charge is 2.38. The normalized spacial score (nSPS) is 14.9. The Morgan fingerprint density at radius 1 is 1.12 bits per heavy atom. The minimum atomic E-state index is -4.50. The molecule has 3 rings (SSSR count). The average Bonchev–Trinajstić information content (AvgIpc) is 3.35. The maximum absolute atomic E-state index is 13.9. The number of nitrogens with one attached hydrogen (secondary N) is 3. The number of aromatic hydroxyl groups is 1. The lowest BCUT2D eigenvalue weighted by atomic mass is 9.82. The van der Waals surface area contributed by atoms with Crippen LogP contribution in [-0.4, -0.2) is 58.6 Å². The van der Waals surface area contributed by atoms with E-state index in [4.69, 9.17) is 5.73 Å². The monoisotopic (exact) mass is 563 g/mol. The number of anilines is 1. The van der Waals surface area contributed by atoms with Crippen molar-refractivity contribution in [1.82, 2.24) is 26.4 Å². The third-order valence-corrected chi connectivity index (χ3v) is 6.45. The zero-order valence-electron chi connectivity index (χ0n) is 23.7. The average molecular weight is 564 g/mol. The van der Waals surface area contributed by atoms with E-state index in [2.05, 4.69) is 26.4 Å². The Balaban J connectivity index is 1.93. The minimum Gasteiger partial charge on any atom is -0.507 e. The van der Waals surface area contributed by atoms with E-state index in [1.807, 2.05) is 26.8 Å². The first-order valence-corrected chi connectivity index (χ1v) is 13.3. The summed E-state index contributed by atoms with van der Waals surface area (Å²) in [5, 5.41) is 21.9. The predicted molar refractivity (Wildman–Crippen MR) is 150 cm³/mol. The first kappa shape index (κ1) is 31.2. The van der Waals surface area contributed by atoms with Crippen molar-refractivity contribution in [2.75, 3.05) is 24.5 Å². The highest BCUT2D eigenvalue weighted by atomic mass is 19.4. The molecule has 0 spiro atoms. The van der Waals surface area contributed by atoms with Crippen molar-refractivity contribution in [2.45, 2.75) is 71.6 Å². The Bertz CT molecular complexity index is 1190. The summed E-state index contributed by atoms with van der Waals surface area (Å²) in [5.74, 6) is -0.208. The second kappa shape index (κ2) is 12.4. The van der Waals surface area contributed by atoms with Crippen molar-refractivity contribution in [3.05, 3.63) is 42.1 Å². The summed E-state index contributed by atoms with van der Waals surface area (Å²) in [6.45, 7) is 9.01. The Morgan fingerprint density at radius 3 is 2.38 bits per heavy atom. The van der Waals surface area contributed by atoms with E-state index in [0.29, 0.717) is 24.2 Å². The summed E-state index contributed by atoms with van der Waals surface area (Å²) in [7, 11) is 0. The molecule has 0 radical (unpaired) electrons. The lowest BCUT2D eigenvalue weighted by Gasteiger charge is -2.41. The number of amides is 1. The van der Waals surface area contributed by atoms with Crippen molar-refractivity contribution in [1.29, 1.82) is 0 Å². The minimum absolute atomic E-state index is 0.0138. The molecule has 0 bridgehead atoms. The highest BCUT2D eigenvalue weighted by Crippen LogP contribution is 2.35. The van der Waals surface area contributed by atoms with Crippen LogP contribution in [0.15, 0.2) is 36.5 Å². The Hall–Kier alpha value is -3.38. The molecule has 1 atom stereocenters. The fourth-order valence-corrected chi connectivity index (χ4v) is 4.89. The first-order chi connectivity index (χ1) is 18.6. The van der Waals surface area contributed by atoms with Gasteiger partial charge in [-0.2, -0.15) is 13.2 Å². The predicted octanol–water partition coefficient (Wildman–Crippen LogP) is 4.11. The van der Waals surface area contributed by atoms with Gasteiger partial charge in [-0.3, -0.25) is 4.79 Å². The number of nitrogens with zero attached hydrogens (tertiary/aromatic N) is 3. The van der Waals surface area contributed by atoms with Crippen molar-refractivity contribution in [2.24, 2.45) is 11.1 Å². The Morgan fingerprint density at radius 2 is 1.85 bits per heavy atom. The molecule has 1 aliphatic rings. The van der Waals surface area contributed by atoms with Crippen LogP contribution in [0.25, 0.3) is 16.8 Å². The van der Waals surface area contributed by atoms with Crippen LogP contribution in [0.2, 0.25) is 0 Å². The molecule has 220 valence electrons. The number of hydrogen-bond donors (Lipinski definition) is 5. The summed E-state index contributed by atoms with van der Waals surface area (Å²) >= 11 is 0. The number of carbonyl (C=O) groups is 1. The van der Waals surface area contributed by atoms with Crippen LogP contribution in [0.1, 0.15) is 59.4 Å². The molecule has 1 amide bonds. The molecule has 2 aromatic rings. The molecule has 1 aromatic carbocycles. The molecule has 0 saturated carbocycles. The van der Waals surface area contributed by atoms with Crippen LogP contribution in [-0.2, 0) is 4.79 Å². The van der Waals surface area contributed by atoms with E-state index in [1.165, 1.54) is 11.0 Å². The van der Waals surface area contributed by atoms with Crippen molar-refractivity contribution < 1.29 is 23.1 Å². The van der Waals surface area contributed by atoms with Gasteiger partial charge >= 0.3 is 6.18 Å². The van der Waals surface area contributed by atoms with Crippen molar-refractivity contribution in [3.8, 4) is 17.0 Å². The molecule has 40 heavy (non-hydrogen) atoms. The number of halogens is 3. The summed E-state index contributed by atoms with van der Waals surface area (Å²) in [6.07, 6.45) is -1.93. The molecule has 9 nitrogen and oxygen atoms in total. The summed E-state index contributed by atoms with van der Waals surface area (Å²) in [6, 6.07) is 7.58. The highest BCUT2D eigenvalue weighted by molar-refractivity contribution is 5.77. The van der Waals surface area contributed by atoms with Crippen LogP contribution in [0.4, 0.5) is 19.0 Å². The van der Waals surface area contributed by atoms with Gasteiger partial charge in [0.2, 0.25) is 5.91 Å². The smallest absolute Gasteiger partial charge is 0.405 e. The molecule has 6 N–H and O–H groups in total. The quantitative estimate of drug-likeness (QED) is 0.276. The fraction of sp³-hybridized carbons (Fsp3) is 0.536. The second-order valence-corrected chi connectivity index (χ2v) is 12.0. The van der Waals surface area contributed by atoms with E-state index in [1.54, 1.807) is 38.2 Å². The van der Waals surface area contributed by atoms with Crippen LogP contribution in [0, 0.1) is 5.41 Å². The molecule has 12 heteroatoms. The number of hydrazine groups is 1. The number of phenols is 1. The van der Waals surface area contributed by atoms with Gasteiger partial charge < -0.3 is 26.5 Å². The van der Waals surface area contributed by atoms with E-state index < -0.39 is 24.3 Å². The fourth-order valence-electron chi connectivity index (χ4n) is 4.89. The maximum atomic E-state index is 13.9. The van der Waals surface area contributed by atoms with Gasteiger partial charge in [-0.1, -0.05) is 26.8 Å². The Labute approximate surface area is 233 Å². The molecule has 1 aliphatic heterocycles. The van der Waals surface area contributed by atoms with Crippen molar-refractivity contribution >= 4 is 17.3 Å². The summed E-state index contributed by atoms with van der Waals surface area (Å²) < 4.78 is 41.6. The van der Waals surface area contributed by atoms with Crippen LogP contribution in [0.5, 0.6) is 5.75 Å². The molecule has 0 fully saturated rings. The summed E-state index contributed by atoms with van der Waals surface area (Å²) in [5.41, 5.74) is 12.8. The van der Waals surface area contributed by atoms with Gasteiger partial charge in [-0.05, 0) is 67.5 Å². The van der Waals surface area contributed by atoms with Gasteiger partial charge in [0, 0.05) is 42.9 Å². The number of nitrogens with two attached hydrogens (primary N) is 1. The number of phenolic OH excluding ortho intramolecular Hbond substituents is 1. The second-order valence-electron chi connectivity index (χ2n) is 12.0. The number of hydrogen-bond acceptors (Lipinski definition) is 8. The lowest BCUT2D eigenvalue weighted by Crippen LogP contribution is -2.52. The van der Waals surface area contributed by atoms with E-state index in [0.717, 1.165) is 11.1 Å². The molecule has 1 aromatic heterocycles. The Kier molecular flexibility index (Phi) is 9.68. The van der Waals surface area contributed by atoms with Gasteiger partial charge in [-0.25, -0.2) is 5.43 Å². The number of alkyl halides is 3. The van der Waals surface area contributed by atoms with E-state index in [-0.39, 0.29) is 42.3 Å². The van der Waals surface area contributed by atoms with Crippen molar-refractivity contribution in [3.63, 3.8) is 0 Å². The number of rotatable bonds is 11. The molecule has 1 unspecified atom stereocenters. The zero-order valence-corrected chi connectivity index (χ0v) is 23.7. The lowest BCUT2D eigenvalue weighted by molar-refractivity contribution is -0.124. The number of carbonyl (C=O) groups excluding carboxylic acids is 1. The maximum Gasteiger partial charge on any atom is 0.405 e. The SMILES string of the molecule is CC(C)(C)CC(CC(C)(C)NC(=O)CCN)N(CC(F)(F)F)c1ccc(-c2ccc(C3=CNNC3)cc2O)nn1. The van der Waals surface area contributed by atoms with Crippen LogP contribution >= 0.6 is 0 Å². The molecule has 0 saturated heterocycles. The largest absolute Gasteiger partial charge is 0.507 e. The molecule has 2 heterocycles. The third-order valence-electron chi connectivity index (χ3n) is 6.45. The van der Waals surface area contributed by atoms with E-state index in [9.17, 15) is 23.1 Å². The molecular weight excluding hydrogens is 523 g/mol. The van der Waals surface area contributed by atoms with Gasteiger partial charge in [0.25, 0.3) is 0 Å². The topological polar surface area (TPSA) is 128 Å².